The van der Waals surface area contributed by atoms with Crippen LogP contribution in [-0.2, 0) is 0 Å². The van der Waals surface area contributed by atoms with E-state index < -0.39 is 0 Å². The van der Waals surface area contributed by atoms with Gasteiger partial charge in [0.15, 0.2) is 0 Å². The topological polar surface area (TPSA) is 12.0 Å². The zero-order valence-electron chi connectivity index (χ0n) is 6.67. The number of para-hydroxylation sites is 1. The molecule has 1 radical (unpaired) electrons. The summed E-state index contributed by atoms with van der Waals surface area (Å²) in [6.45, 7) is 0.955. The van der Waals surface area contributed by atoms with Gasteiger partial charge in [-0.05, 0) is 11.6 Å². The quantitative estimate of drug-likeness (QED) is 0.585. The van der Waals surface area contributed by atoms with Gasteiger partial charge < -0.3 is 5.32 Å². The van der Waals surface area contributed by atoms with Gasteiger partial charge in [-0.2, -0.15) is 0 Å². The Bertz CT molecular complexity index is 268. The minimum Gasteiger partial charge on any atom is -0.381 e. The molecule has 1 aromatic rings. The summed E-state index contributed by atoms with van der Waals surface area (Å²) in [6, 6.07) is 8.30. The van der Waals surface area contributed by atoms with Crippen molar-refractivity contribution in [3.63, 3.8) is 0 Å². The van der Waals surface area contributed by atoms with Crippen LogP contribution >= 0.6 is 0 Å². The van der Waals surface area contributed by atoms with E-state index in [1.807, 2.05) is 6.07 Å². The number of hydrogen-bond acceptors (Lipinski definition) is 1. The van der Waals surface area contributed by atoms with E-state index in [1.165, 1.54) is 11.3 Å². The number of rotatable bonds is 0. The summed E-state index contributed by atoms with van der Waals surface area (Å²) < 4.78 is 0. The Morgan fingerprint density at radius 3 is 2.82 bits per heavy atom. The molecule has 0 amide bonds. The van der Waals surface area contributed by atoms with Crippen molar-refractivity contribution < 1.29 is 0 Å². The number of hydrogen-bond donors (Lipinski definition) is 1. The number of fused-ring (bicyclic) bond motifs is 1. The van der Waals surface area contributed by atoms with Crippen LogP contribution in [0, 0.1) is 0 Å². The van der Waals surface area contributed by atoms with Gasteiger partial charge in [0.25, 0.3) is 0 Å². The Balaban J connectivity index is 0.000000605. The monoisotopic (exact) mass is 170 g/mol. The molecule has 2 rings (SSSR count). The molecule has 1 aliphatic rings. The fraction of sp³-hybridized carbons (Fsp3) is 0.111. The summed E-state index contributed by atoms with van der Waals surface area (Å²) in [6.07, 6.45) is 4.27. The summed E-state index contributed by atoms with van der Waals surface area (Å²) >= 11 is 0. The van der Waals surface area contributed by atoms with Crippen LogP contribution in [0.3, 0.4) is 0 Å². The van der Waals surface area contributed by atoms with Crippen LogP contribution in [0.5, 0.6) is 0 Å². The van der Waals surface area contributed by atoms with E-state index in [9.17, 15) is 0 Å². The predicted octanol–water partition coefficient (Wildman–Crippen LogP) is 1.74. The Morgan fingerprint density at radius 2 is 2.00 bits per heavy atom. The molecule has 2 heteroatoms. The third-order valence-corrected chi connectivity index (χ3v) is 1.67. The molecule has 0 aromatic heterocycles. The molecule has 0 bridgehead atoms. The molecule has 51 valence electrons. The number of anilines is 1. The molecule has 1 N–H and O–H groups in total. The minimum atomic E-state index is 0. The molecule has 0 saturated heterocycles. The molecule has 0 atom stereocenters. The van der Waals surface area contributed by atoms with Crippen LogP contribution < -0.4 is 5.32 Å². The predicted molar refractivity (Wildman–Crippen MR) is 49.7 cm³/mol. The smallest absolute Gasteiger partial charge is 0.0416 e. The van der Waals surface area contributed by atoms with E-state index in [4.69, 9.17) is 0 Å². The Hall–Kier alpha value is 0.396. The first kappa shape index (κ1) is 9.48. The van der Waals surface area contributed by atoms with Gasteiger partial charge in [0, 0.05) is 63.6 Å². The maximum Gasteiger partial charge on any atom is 0.0416 e. The first-order valence-electron chi connectivity index (χ1n) is 3.46. The normalized spacial score (nSPS) is 12.7. The first-order chi connectivity index (χ1) is 4.97. The molecule has 1 aromatic carbocycles. The van der Waals surface area contributed by atoms with Crippen molar-refractivity contribution in [3.05, 3.63) is 35.9 Å². The molecule has 0 aliphatic carbocycles. The van der Waals surface area contributed by atoms with Gasteiger partial charge in [-0.15, -0.1) is 0 Å². The van der Waals surface area contributed by atoms with Crippen molar-refractivity contribution in [2.24, 2.45) is 0 Å². The van der Waals surface area contributed by atoms with Crippen LogP contribution in [0.25, 0.3) is 6.08 Å². The second-order valence-electron chi connectivity index (χ2n) is 2.37. The molecule has 1 nitrogen and oxygen atoms in total. The van der Waals surface area contributed by atoms with E-state index in [-0.39, 0.29) is 51.4 Å². The van der Waals surface area contributed by atoms with E-state index in [0.29, 0.717) is 0 Å². The molecule has 0 fully saturated rings. The van der Waals surface area contributed by atoms with Crippen molar-refractivity contribution in [1.29, 1.82) is 0 Å². The fourth-order valence-electron chi connectivity index (χ4n) is 1.16. The molecule has 11 heavy (non-hydrogen) atoms. The fourth-order valence-corrected chi connectivity index (χ4v) is 1.16. The molecule has 1 aliphatic heterocycles. The van der Waals surface area contributed by atoms with Crippen molar-refractivity contribution in [1.82, 2.24) is 0 Å². The van der Waals surface area contributed by atoms with E-state index in [0.717, 1.165) is 6.54 Å². The van der Waals surface area contributed by atoms with Crippen LogP contribution in [-0.4, -0.2) is 57.9 Å². The molecular formula is C9H9KN. The van der Waals surface area contributed by atoms with Crippen molar-refractivity contribution in [3.8, 4) is 0 Å². The Morgan fingerprint density at radius 1 is 1.18 bits per heavy atom. The second-order valence-corrected chi connectivity index (χ2v) is 2.37. The average Bonchev–Trinajstić information content (AvgIpc) is 2.05. The van der Waals surface area contributed by atoms with Gasteiger partial charge in [0.2, 0.25) is 0 Å². The van der Waals surface area contributed by atoms with Crippen molar-refractivity contribution >= 4 is 63.1 Å². The summed E-state index contributed by atoms with van der Waals surface area (Å²) in [7, 11) is 0. The summed E-state index contributed by atoms with van der Waals surface area (Å²) in [4.78, 5) is 0. The zero-order chi connectivity index (χ0) is 6.81. The summed E-state index contributed by atoms with van der Waals surface area (Å²) in [5.74, 6) is 0. The molecular weight excluding hydrogens is 161 g/mol. The van der Waals surface area contributed by atoms with Gasteiger partial charge in [0.05, 0.1) is 0 Å². The van der Waals surface area contributed by atoms with Crippen LogP contribution in [0.15, 0.2) is 30.3 Å². The van der Waals surface area contributed by atoms with E-state index in [2.05, 4.69) is 35.7 Å². The van der Waals surface area contributed by atoms with Gasteiger partial charge in [-0.25, -0.2) is 0 Å². The molecule has 0 saturated carbocycles. The van der Waals surface area contributed by atoms with Crippen molar-refractivity contribution in [2.75, 3.05) is 11.9 Å². The average molecular weight is 170 g/mol. The molecule has 0 unspecified atom stereocenters. The summed E-state index contributed by atoms with van der Waals surface area (Å²) in [5.41, 5.74) is 2.53. The van der Waals surface area contributed by atoms with Crippen LogP contribution in [0.2, 0.25) is 0 Å². The number of benzene rings is 1. The van der Waals surface area contributed by atoms with Gasteiger partial charge >= 0.3 is 0 Å². The Labute approximate surface area is 109 Å². The summed E-state index contributed by atoms with van der Waals surface area (Å²) in [5, 5.41) is 3.28. The van der Waals surface area contributed by atoms with E-state index in [1.54, 1.807) is 0 Å². The van der Waals surface area contributed by atoms with Gasteiger partial charge in [-0.3, -0.25) is 0 Å². The maximum atomic E-state index is 3.28. The third kappa shape index (κ3) is 2.17. The zero-order valence-corrected chi connectivity index (χ0v) is 9.79. The maximum absolute atomic E-state index is 3.28. The first-order valence-corrected chi connectivity index (χ1v) is 3.46. The molecule has 1 heterocycles. The van der Waals surface area contributed by atoms with Gasteiger partial charge in [-0.1, -0.05) is 30.4 Å². The largest absolute Gasteiger partial charge is 0.381 e. The van der Waals surface area contributed by atoms with E-state index >= 15 is 0 Å². The SMILES string of the molecule is C1=Cc2ccccc2NC1.[K]. The number of nitrogens with one attached hydrogen (secondary N) is 1. The Kier molecular flexibility index (Phi) is 3.82. The van der Waals surface area contributed by atoms with Gasteiger partial charge in [0.1, 0.15) is 0 Å². The minimum absolute atomic E-state index is 0. The molecule has 0 spiro atoms. The second kappa shape index (κ2) is 4.43. The van der Waals surface area contributed by atoms with Crippen LogP contribution in [0.4, 0.5) is 5.69 Å². The van der Waals surface area contributed by atoms with Crippen molar-refractivity contribution in [2.45, 2.75) is 0 Å². The standard InChI is InChI=1S/C9H9N.K/c1-2-6-9-8(4-1)5-3-7-10-9;/h1-6,10H,7H2;. The van der Waals surface area contributed by atoms with Crippen LogP contribution in [0.1, 0.15) is 5.56 Å². The third-order valence-electron chi connectivity index (χ3n) is 1.67.